The Morgan fingerprint density at radius 3 is 3.24 bits per heavy atom. The van der Waals surface area contributed by atoms with Crippen LogP contribution >= 0.6 is 0 Å². The molecule has 5 heteroatoms. The number of rotatable bonds is 3. The van der Waals surface area contributed by atoms with E-state index in [1.165, 1.54) is 12.3 Å². The number of hydrogen-bond acceptors (Lipinski definition) is 4. The highest BCUT2D eigenvalue weighted by atomic mass is 16.3. The normalized spacial score (nSPS) is 19.9. The molecule has 0 aromatic carbocycles. The number of nitrogens with zero attached hydrogens (tertiary/aromatic N) is 1. The Morgan fingerprint density at radius 1 is 1.65 bits per heavy atom. The van der Waals surface area contributed by atoms with E-state index < -0.39 is 0 Å². The SMILES string of the molecule is O=C(NCC1CCCNC1)c1ncccc1O. The Balaban J connectivity index is 1.87. The maximum Gasteiger partial charge on any atom is 0.273 e. The Kier molecular flexibility index (Phi) is 3.93. The second kappa shape index (κ2) is 5.63. The molecule has 1 aliphatic rings. The van der Waals surface area contributed by atoms with Crippen molar-refractivity contribution in [1.29, 1.82) is 0 Å². The van der Waals surface area contributed by atoms with Crippen LogP contribution < -0.4 is 10.6 Å². The van der Waals surface area contributed by atoms with E-state index >= 15 is 0 Å². The number of aromatic nitrogens is 1. The van der Waals surface area contributed by atoms with E-state index in [-0.39, 0.29) is 17.4 Å². The summed E-state index contributed by atoms with van der Waals surface area (Å²) < 4.78 is 0. The number of pyridine rings is 1. The third-order valence-electron chi connectivity index (χ3n) is 2.95. The van der Waals surface area contributed by atoms with Crippen LogP contribution in [0, 0.1) is 5.92 Å². The minimum absolute atomic E-state index is 0.0771. The molecule has 0 spiro atoms. The number of carbonyl (C=O) groups excluding carboxylic acids is 1. The molecule has 0 bridgehead atoms. The molecular weight excluding hydrogens is 218 g/mol. The highest BCUT2D eigenvalue weighted by molar-refractivity contribution is 5.94. The molecule has 1 saturated heterocycles. The van der Waals surface area contributed by atoms with E-state index in [1.807, 2.05) is 0 Å². The summed E-state index contributed by atoms with van der Waals surface area (Å²) in [5.74, 6) is 0.0824. The van der Waals surface area contributed by atoms with Crippen LogP contribution in [-0.4, -0.2) is 35.6 Å². The standard InChI is InChI=1S/C12H17N3O2/c16-10-4-2-6-14-11(10)12(17)15-8-9-3-1-5-13-7-9/h2,4,6,9,13,16H,1,3,5,7-8H2,(H,15,17). The third kappa shape index (κ3) is 3.17. The summed E-state index contributed by atoms with van der Waals surface area (Å²) in [5.41, 5.74) is 0.0938. The first-order valence-electron chi connectivity index (χ1n) is 5.90. The largest absolute Gasteiger partial charge is 0.505 e. The molecule has 2 rings (SSSR count). The summed E-state index contributed by atoms with van der Waals surface area (Å²) in [6.45, 7) is 2.63. The minimum Gasteiger partial charge on any atom is -0.505 e. The number of nitrogens with one attached hydrogen (secondary N) is 2. The van der Waals surface area contributed by atoms with Gasteiger partial charge in [0.15, 0.2) is 5.69 Å². The van der Waals surface area contributed by atoms with E-state index in [0.29, 0.717) is 12.5 Å². The van der Waals surface area contributed by atoms with Gasteiger partial charge in [0, 0.05) is 12.7 Å². The Bertz CT molecular complexity index is 389. The molecule has 1 amide bonds. The van der Waals surface area contributed by atoms with E-state index in [4.69, 9.17) is 0 Å². The predicted octanol–water partition coefficient (Wildman–Crippen LogP) is 0.517. The molecule has 2 heterocycles. The first-order chi connectivity index (χ1) is 8.27. The monoisotopic (exact) mass is 235 g/mol. The lowest BCUT2D eigenvalue weighted by molar-refractivity contribution is 0.0937. The zero-order valence-corrected chi connectivity index (χ0v) is 9.65. The van der Waals surface area contributed by atoms with Gasteiger partial charge in [-0.25, -0.2) is 4.98 Å². The van der Waals surface area contributed by atoms with Crippen LogP contribution in [-0.2, 0) is 0 Å². The summed E-state index contributed by atoms with van der Waals surface area (Å²) >= 11 is 0. The number of amides is 1. The molecule has 0 radical (unpaired) electrons. The van der Waals surface area contributed by atoms with E-state index in [1.54, 1.807) is 6.07 Å². The van der Waals surface area contributed by atoms with Gasteiger partial charge in [-0.05, 0) is 44.0 Å². The van der Waals surface area contributed by atoms with Gasteiger partial charge in [-0.15, -0.1) is 0 Å². The maximum atomic E-state index is 11.8. The lowest BCUT2D eigenvalue weighted by Crippen LogP contribution is -2.38. The molecule has 5 nitrogen and oxygen atoms in total. The van der Waals surface area contributed by atoms with Crippen molar-refractivity contribution < 1.29 is 9.90 Å². The van der Waals surface area contributed by atoms with Crippen molar-refractivity contribution in [1.82, 2.24) is 15.6 Å². The molecule has 1 atom stereocenters. The highest BCUT2D eigenvalue weighted by Gasteiger charge is 2.16. The average Bonchev–Trinajstić information content (AvgIpc) is 2.38. The molecule has 1 aromatic rings. The van der Waals surface area contributed by atoms with Crippen molar-refractivity contribution >= 4 is 5.91 Å². The fourth-order valence-electron chi connectivity index (χ4n) is 1.99. The first-order valence-corrected chi connectivity index (χ1v) is 5.90. The van der Waals surface area contributed by atoms with Gasteiger partial charge in [0.1, 0.15) is 5.75 Å². The minimum atomic E-state index is -0.311. The topological polar surface area (TPSA) is 74.2 Å². The van der Waals surface area contributed by atoms with Crippen molar-refractivity contribution in [3.05, 3.63) is 24.0 Å². The third-order valence-corrected chi connectivity index (χ3v) is 2.95. The lowest BCUT2D eigenvalue weighted by atomic mass is 10.00. The Morgan fingerprint density at radius 2 is 2.53 bits per heavy atom. The Labute approximate surface area is 100 Å². The van der Waals surface area contributed by atoms with Gasteiger partial charge in [-0.3, -0.25) is 4.79 Å². The molecule has 0 aliphatic carbocycles. The second-order valence-electron chi connectivity index (χ2n) is 4.29. The number of carbonyl (C=O) groups is 1. The lowest BCUT2D eigenvalue weighted by Gasteiger charge is -2.22. The average molecular weight is 235 g/mol. The molecule has 1 aliphatic heterocycles. The van der Waals surface area contributed by atoms with Gasteiger partial charge >= 0.3 is 0 Å². The van der Waals surface area contributed by atoms with Gasteiger partial charge < -0.3 is 15.7 Å². The van der Waals surface area contributed by atoms with Gasteiger partial charge in [-0.2, -0.15) is 0 Å². The zero-order chi connectivity index (χ0) is 12.1. The van der Waals surface area contributed by atoms with Crippen molar-refractivity contribution in [3.8, 4) is 5.75 Å². The highest BCUT2D eigenvalue weighted by Crippen LogP contribution is 2.13. The van der Waals surface area contributed by atoms with Crippen molar-refractivity contribution in [2.24, 2.45) is 5.92 Å². The van der Waals surface area contributed by atoms with Crippen LogP contribution in [0.3, 0.4) is 0 Å². The van der Waals surface area contributed by atoms with Crippen LogP contribution in [0.4, 0.5) is 0 Å². The smallest absolute Gasteiger partial charge is 0.273 e. The van der Waals surface area contributed by atoms with Crippen molar-refractivity contribution in [2.75, 3.05) is 19.6 Å². The maximum absolute atomic E-state index is 11.8. The zero-order valence-electron chi connectivity index (χ0n) is 9.65. The molecule has 1 unspecified atom stereocenters. The van der Waals surface area contributed by atoms with Crippen molar-refractivity contribution in [3.63, 3.8) is 0 Å². The van der Waals surface area contributed by atoms with E-state index in [2.05, 4.69) is 15.6 Å². The molecule has 1 aromatic heterocycles. The van der Waals surface area contributed by atoms with Gasteiger partial charge in [0.2, 0.25) is 0 Å². The van der Waals surface area contributed by atoms with Crippen LogP contribution in [0.25, 0.3) is 0 Å². The second-order valence-corrected chi connectivity index (χ2v) is 4.29. The van der Waals surface area contributed by atoms with Gasteiger partial charge in [-0.1, -0.05) is 0 Å². The fraction of sp³-hybridized carbons (Fsp3) is 0.500. The number of piperidine rings is 1. The number of aromatic hydroxyl groups is 1. The van der Waals surface area contributed by atoms with Crippen LogP contribution in [0.15, 0.2) is 18.3 Å². The van der Waals surface area contributed by atoms with Crippen LogP contribution in [0.5, 0.6) is 5.75 Å². The number of hydrogen-bond donors (Lipinski definition) is 3. The summed E-state index contributed by atoms with van der Waals surface area (Å²) in [4.78, 5) is 15.6. The molecule has 1 fully saturated rings. The summed E-state index contributed by atoms with van der Waals surface area (Å²) in [5, 5.41) is 15.6. The molecule has 92 valence electrons. The van der Waals surface area contributed by atoms with Crippen molar-refractivity contribution in [2.45, 2.75) is 12.8 Å². The van der Waals surface area contributed by atoms with E-state index in [0.717, 1.165) is 25.9 Å². The van der Waals surface area contributed by atoms with Crippen LogP contribution in [0.2, 0.25) is 0 Å². The first kappa shape index (κ1) is 11.9. The van der Waals surface area contributed by atoms with Crippen LogP contribution in [0.1, 0.15) is 23.3 Å². The Hall–Kier alpha value is -1.62. The van der Waals surface area contributed by atoms with E-state index in [9.17, 15) is 9.90 Å². The fourth-order valence-corrected chi connectivity index (χ4v) is 1.99. The summed E-state index contributed by atoms with van der Waals surface area (Å²) in [6.07, 6.45) is 3.77. The molecule has 3 N–H and O–H groups in total. The van der Waals surface area contributed by atoms with Gasteiger partial charge in [0.05, 0.1) is 0 Å². The summed E-state index contributed by atoms with van der Waals surface area (Å²) in [6, 6.07) is 3.06. The summed E-state index contributed by atoms with van der Waals surface area (Å²) in [7, 11) is 0. The molecular formula is C12H17N3O2. The predicted molar refractivity (Wildman–Crippen MR) is 63.8 cm³/mol. The molecule has 0 saturated carbocycles. The molecule has 17 heavy (non-hydrogen) atoms. The van der Waals surface area contributed by atoms with Gasteiger partial charge in [0.25, 0.3) is 5.91 Å². The quantitative estimate of drug-likeness (QED) is 0.714.